The third-order valence-corrected chi connectivity index (χ3v) is 5.05. The molecule has 0 bridgehead atoms. The highest BCUT2D eigenvalue weighted by molar-refractivity contribution is 8.00. The second-order valence-electron chi connectivity index (χ2n) is 5.15. The van der Waals surface area contributed by atoms with Crippen molar-refractivity contribution in [3.8, 4) is 5.75 Å². The SMILES string of the molecule is COc1cccc(F)c1C1SCC(=O)N1Cc1cccn1C. The van der Waals surface area contributed by atoms with Crippen LogP contribution in [0.2, 0.25) is 0 Å². The van der Waals surface area contributed by atoms with Crippen molar-refractivity contribution in [2.75, 3.05) is 12.9 Å². The van der Waals surface area contributed by atoms with Crippen LogP contribution in [0.25, 0.3) is 0 Å². The molecule has 1 unspecified atom stereocenters. The fourth-order valence-electron chi connectivity index (χ4n) is 2.63. The first kappa shape index (κ1) is 15.0. The van der Waals surface area contributed by atoms with Gasteiger partial charge in [0.2, 0.25) is 5.91 Å². The zero-order valence-electron chi connectivity index (χ0n) is 12.5. The summed E-state index contributed by atoms with van der Waals surface area (Å²) in [5, 5.41) is -0.362. The third kappa shape index (κ3) is 2.59. The van der Waals surface area contributed by atoms with E-state index in [0.29, 0.717) is 23.6 Å². The first-order chi connectivity index (χ1) is 10.6. The number of aryl methyl sites for hydroxylation is 1. The van der Waals surface area contributed by atoms with Crippen LogP contribution in [0.3, 0.4) is 0 Å². The number of benzene rings is 1. The number of amides is 1. The largest absolute Gasteiger partial charge is 0.496 e. The van der Waals surface area contributed by atoms with Crippen molar-refractivity contribution in [3.63, 3.8) is 0 Å². The van der Waals surface area contributed by atoms with E-state index in [1.54, 1.807) is 17.0 Å². The number of thioether (sulfide) groups is 1. The molecule has 1 aliphatic heterocycles. The normalized spacial score (nSPS) is 18.0. The molecule has 6 heteroatoms. The van der Waals surface area contributed by atoms with E-state index in [4.69, 9.17) is 4.74 Å². The molecule has 1 aromatic carbocycles. The number of ether oxygens (including phenoxy) is 1. The molecule has 1 saturated heterocycles. The summed E-state index contributed by atoms with van der Waals surface area (Å²) in [6.07, 6.45) is 1.93. The number of carbonyl (C=O) groups is 1. The van der Waals surface area contributed by atoms with Gasteiger partial charge in [-0.2, -0.15) is 0 Å². The summed E-state index contributed by atoms with van der Waals surface area (Å²) in [5.41, 5.74) is 1.45. The molecule has 1 aliphatic rings. The highest BCUT2D eigenvalue weighted by Crippen LogP contribution is 2.44. The Morgan fingerprint density at radius 3 is 2.86 bits per heavy atom. The van der Waals surface area contributed by atoms with Crippen molar-refractivity contribution >= 4 is 17.7 Å². The van der Waals surface area contributed by atoms with Gasteiger partial charge in [-0.3, -0.25) is 4.79 Å². The first-order valence-corrected chi connectivity index (χ1v) is 8.00. The molecule has 2 heterocycles. The lowest BCUT2D eigenvalue weighted by atomic mass is 10.1. The van der Waals surface area contributed by atoms with Crippen LogP contribution in [0.5, 0.6) is 5.75 Å². The number of methoxy groups -OCH3 is 1. The second kappa shape index (κ2) is 6.04. The average Bonchev–Trinajstić information content (AvgIpc) is 3.07. The average molecular weight is 320 g/mol. The summed E-state index contributed by atoms with van der Waals surface area (Å²) in [6.45, 7) is 0.456. The fourth-order valence-corrected chi connectivity index (χ4v) is 3.87. The Labute approximate surface area is 132 Å². The Bertz CT molecular complexity index is 701. The van der Waals surface area contributed by atoms with E-state index >= 15 is 0 Å². The Kier molecular flexibility index (Phi) is 4.11. The standard InChI is InChI=1S/C16H17FN2O2S/c1-18-8-4-5-11(18)9-19-14(20)10-22-16(19)15-12(17)6-3-7-13(15)21-2/h3-8,16H,9-10H2,1-2H3. The van der Waals surface area contributed by atoms with Crippen LogP contribution in [0.1, 0.15) is 16.6 Å². The van der Waals surface area contributed by atoms with Crippen LogP contribution in [-0.2, 0) is 18.4 Å². The third-order valence-electron chi connectivity index (χ3n) is 3.83. The second-order valence-corrected chi connectivity index (χ2v) is 6.22. The Hall–Kier alpha value is -1.95. The van der Waals surface area contributed by atoms with E-state index in [2.05, 4.69) is 0 Å². The van der Waals surface area contributed by atoms with Crippen molar-refractivity contribution in [2.24, 2.45) is 7.05 Å². The van der Waals surface area contributed by atoms with Gasteiger partial charge in [0.15, 0.2) is 0 Å². The first-order valence-electron chi connectivity index (χ1n) is 6.95. The van der Waals surface area contributed by atoms with Gasteiger partial charge in [0.25, 0.3) is 0 Å². The monoisotopic (exact) mass is 320 g/mol. The van der Waals surface area contributed by atoms with E-state index in [0.717, 1.165) is 5.69 Å². The summed E-state index contributed by atoms with van der Waals surface area (Å²) in [4.78, 5) is 13.9. The molecule has 1 amide bonds. The number of nitrogens with zero attached hydrogens (tertiary/aromatic N) is 2. The maximum atomic E-state index is 14.3. The molecule has 0 radical (unpaired) electrons. The van der Waals surface area contributed by atoms with Crippen LogP contribution < -0.4 is 4.74 Å². The predicted molar refractivity (Wildman–Crippen MR) is 84.1 cm³/mol. The minimum atomic E-state index is -0.362. The summed E-state index contributed by atoms with van der Waals surface area (Å²) in [5.74, 6) is 0.501. The minimum Gasteiger partial charge on any atom is -0.496 e. The van der Waals surface area contributed by atoms with Crippen LogP contribution in [0.15, 0.2) is 36.5 Å². The fraction of sp³-hybridized carbons (Fsp3) is 0.312. The molecule has 2 aromatic rings. The van der Waals surface area contributed by atoms with Crippen molar-refractivity contribution in [2.45, 2.75) is 11.9 Å². The Balaban J connectivity index is 1.96. The highest BCUT2D eigenvalue weighted by atomic mass is 32.2. The summed E-state index contributed by atoms with van der Waals surface area (Å²) in [7, 11) is 3.45. The van der Waals surface area contributed by atoms with Crippen molar-refractivity contribution < 1.29 is 13.9 Å². The molecule has 1 fully saturated rings. The molecule has 1 atom stereocenters. The predicted octanol–water partition coefficient (Wildman–Crippen LogP) is 2.95. The molecular formula is C16H17FN2O2S. The number of aromatic nitrogens is 1. The molecule has 0 N–H and O–H groups in total. The quantitative estimate of drug-likeness (QED) is 0.869. The van der Waals surface area contributed by atoms with Crippen molar-refractivity contribution in [1.82, 2.24) is 9.47 Å². The number of rotatable bonds is 4. The van der Waals surface area contributed by atoms with Gasteiger partial charge >= 0.3 is 0 Å². The lowest BCUT2D eigenvalue weighted by Gasteiger charge is -2.26. The van der Waals surface area contributed by atoms with Crippen LogP contribution in [-0.4, -0.2) is 28.2 Å². The molecular weight excluding hydrogens is 303 g/mol. The van der Waals surface area contributed by atoms with E-state index in [1.807, 2.05) is 29.9 Å². The van der Waals surface area contributed by atoms with Crippen LogP contribution >= 0.6 is 11.8 Å². The van der Waals surface area contributed by atoms with Crippen molar-refractivity contribution in [1.29, 1.82) is 0 Å². The maximum Gasteiger partial charge on any atom is 0.234 e. The number of halogens is 1. The lowest BCUT2D eigenvalue weighted by molar-refractivity contribution is -0.128. The van der Waals surface area contributed by atoms with E-state index in [1.165, 1.54) is 24.9 Å². The summed E-state index contributed by atoms with van der Waals surface area (Å²) in [6, 6.07) is 8.64. The smallest absolute Gasteiger partial charge is 0.234 e. The highest BCUT2D eigenvalue weighted by Gasteiger charge is 2.36. The number of hydrogen-bond donors (Lipinski definition) is 0. The lowest BCUT2D eigenvalue weighted by Crippen LogP contribution is -2.29. The van der Waals surface area contributed by atoms with Gasteiger partial charge in [-0.1, -0.05) is 6.07 Å². The van der Waals surface area contributed by atoms with E-state index < -0.39 is 0 Å². The zero-order chi connectivity index (χ0) is 15.7. The molecule has 0 saturated carbocycles. The van der Waals surface area contributed by atoms with Crippen LogP contribution in [0, 0.1) is 5.82 Å². The number of carbonyl (C=O) groups excluding carboxylic acids is 1. The molecule has 116 valence electrons. The molecule has 0 aliphatic carbocycles. The van der Waals surface area contributed by atoms with Gasteiger partial charge in [-0.15, -0.1) is 11.8 Å². The van der Waals surface area contributed by atoms with Gasteiger partial charge in [0.1, 0.15) is 16.9 Å². The van der Waals surface area contributed by atoms with E-state index in [9.17, 15) is 9.18 Å². The molecule has 0 spiro atoms. The zero-order valence-corrected chi connectivity index (χ0v) is 13.3. The van der Waals surface area contributed by atoms with Gasteiger partial charge < -0.3 is 14.2 Å². The van der Waals surface area contributed by atoms with Gasteiger partial charge in [0.05, 0.1) is 25.0 Å². The van der Waals surface area contributed by atoms with Gasteiger partial charge in [-0.05, 0) is 24.3 Å². The van der Waals surface area contributed by atoms with Crippen molar-refractivity contribution in [3.05, 3.63) is 53.6 Å². The molecule has 22 heavy (non-hydrogen) atoms. The van der Waals surface area contributed by atoms with Crippen LogP contribution in [0.4, 0.5) is 4.39 Å². The molecule has 1 aromatic heterocycles. The Morgan fingerprint density at radius 1 is 1.36 bits per heavy atom. The van der Waals surface area contributed by atoms with Gasteiger partial charge in [-0.25, -0.2) is 4.39 Å². The summed E-state index contributed by atoms with van der Waals surface area (Å²) >= 11 is 1.43. The maximum absolute atomic E-state index is 14.3. The molecule has 4 nitrogen and oxygen atoms in total. The molecule has 3 rings (SSSR count). The number of hydrogen-bond acceptors (Lipinski definition) is 3. The topological polar surface area (TPSA) is 34.5 Å². The van der Waals surface area contributed by atoms with Gasteiger partial charge in [0, 0.05) is 18.9 Å². The van der Waals surface area contributed by atoms with E-state index in [-0.39, 0.29) is 17.1 Å². The Morgan fingerprint density at radius 2 is 2.18 bits per heavy atom. The summed E-state index contributed by atoms with van der Waals surface area (Å²) < 4.78 is 21.6. The minimum absolute atomic E-state index is 0.0153.